The minimum Gasteiger partial charge on any atom is -0.454 e. The summed E-state index contributed by atoms with van der Waals surface area (Å²) in [5.41, 5.74) is 3.62. The predicted octanol–water partition coefficient (Wildman–Crippen LogP) is 7.02. The molecule has 5 heteroatoms. The molecule has 0 saturated heterocycles. The molecule has 0 bridgehead atoms. The lowest BCUT2D eigenvalue weighted by Crippen LogP contribution is -2.26. The van der Waals surface area contributed by atoms with Gasteiger partial charge in [0.05, 0.1) is 11.4 Å². The van der Waals surface area contributed by atoms with Crippen LogP contribution in [-0.4, -0.2) is 27.3 Å². The third-order valence-electron chi connectivity index (χ3n) is 5.39. The standard InChI is InChI=1S/C26H37NO3S/c1-7-10-16-27(17-11-8-2)24-18-22(20(4)5)19-25(31(28,29)9-3)26(24)30-23-14-12-21(6)13-15-23/h12-15,18-19H,4,7-11,16-17H2,1-3,5-6H3. The van der Waals surface area contributed by atoms with Crippen molar-refractivity contribution in [2.75, 3.05) is 23.7 Å². The summed E-state index contributed by atoms with van der Waals surface area (Å²) in [4.78, 5) is 2.52. The number of hydrogen-bond acceptors (Lipinski definition) is 4. The Morgan fingerprint density at radius 3 is 2.06 bits per heavy atom. The molecule has 0 aliphatic rings. The smallest absolute Gasteiger partial charge is 0.181 e. The Morgan fingerprint density at radius 1 is 1.00 bits per heavy atom. The number of benzene rings is 2. The van der Waals surface area contributed by atoms with Gasteiger partial charge in [-0.25, -0.2) is 8.42 Å². The van der Waals surface area contributed by atoms with Crippen LogP contribution in [-0.2, 0) is 9.84 Å². The van der Waals surface area contributed by atoms with Gasteiger partial charge in [0.25, 0.3) is 0 Å². The first-order valence-electron chi connectivity index (χ1n) is 11.3. The fourth-order valence-corrected chi connectivity index (χ4v) is 4.38. The van der Waals surface area contributed by atoms with Gasteiger partial charge in [0.2, 0.25) is 0 Å². The number of sulfone groups is 1. The van der Waals surface area contributed by atoms with Gasteiger partial charge in [-0.1, -0.05) is 63.5 Å². The molecule has 2 rings (SSSR count). The Labute approximate surface area is 188 Å². The SMILES string of the molecule is C=C(C)c1cc(N(CCCC)CCCC)c(Oc2ccc(C)cc2)c(S(=O)(=O)CC)c1. The highest BCUT2D eigenvalue weighted by Crippen LogP contribution is 2.41. The van der Waals surface area contributed by atoms with Crippen LogP contribution in [0.3, 0.4) is 0 Å². The first-order chi connectivity index (χ1) is 14.7. The second-order valence-corrected chi connectivity index (χ2v) is 10.4. The van der Waals surface area contributed by atoms with E-state index in [-0.39, 0.29) is 10.6 Å². The lowest BCUT2D eigenvalue weighted by molar-refractivity contribution is 0.465. The molecule has 31 heavy (non-hydrogen) atoms. The summed E-state index contributed by atoms with van der Waals surface area (Å²) < 4.78 is 32.5. The highest BCUT2D eigenvalue weighted by Gasteiger charge is 2.26. The van der Waals surface area contributed by atoms with Gasteiger partial charge in [-0.05, 0) is 56.5 Å². The van der Waals surface area contributed by atoms with Crippen LogP contribution in [0.15, 0.2) is 47.9 Å². The van der Waals surface area contributed by atoms with E-state index in [0.717, 1.165) is 61.2 Å². The third-order valence-corrected chi connectivity index (χ3v) is 7.12. The van der Waals surface area contributed by atoms with E-state index in [1.807, 2.05) is 44.2 Å². The van der Waals surface area contributed by atoms with E-state index in [0.29, 0.717) is 11.5 Å². The van der Waals surface area contributed by atoms with Gasteiger partial charge in [0, 0.05) is 13.1 Å². The molecule has 0 spiro atoms. The molecule has 0 N–H and O–H groups in total. The van der Waals surface area contributed by atoms with Crippen molar-refractivity contribution in [3.8, 4) is 11.5 Å². The van der Waals surface area contributed by atoms with Crippen LogP contribution in [0.2, 0.25) is 0 Å². The lowest BCUT2D eigenvalue weighted by atomic mass is 10.1. The Hall–Kier alpha value is -2.27. The van der Waals surface area contributed by atoms with Crippen molar-refractivity contribution >= 4 is 21.1 Å². The topological polar surface area (TPSA) is 46.6 Å². The zero-order valence-corrected chi connectivity index (χ0v) is 20.5. The summed E-state index contributed by atoms with van der Waals surface area (Å²) in [5.74, 6) is 1.07. The first kappa shape index (κ1) is 25.0. The number of unbranched alkanes of at least 4 members (excludes halogenated alkanes) is 2. The number of anilines is 1. The summed E-state index contributed by atoms with van der Waals surface area (Å²) in [6, 6.07) is 11.5. The number of hydrogen-bond donors (Lipinski definition) is 0. The maximum Gasteiger partial charge on any atom is 0.181 e. The molecule has 0 atom stereocenters. The molecule has 0 unspecified atom stereocenters. The van der Waals surface area contributed by atoms with Crippen molar-refractivity contribution in [1.29, 1.82) is 0 Å². The number of aryl methyl sites for hydroxylation is 1. The van der Waals surface area contributed by atoms with E-state index < -0.39 is 9.84 Å². The molecule has 0 aromatic heterocycles. The van der Waals surface area contributed by atoms with Gasteiger partial charge in [-0.2, -0.15) is 0 Å². The van der Waals surface area contributed by atoms with Crippen LogP contribution in [0.4, 0.5) is 5.69 Å². The fraction of sp³-hybridized carbons (Fsp3) is 0.462. The summed E-state index contributed by atoms with van der Waals surface area (Å²) in [6.45, 7) is 15.7. The second kappa shape index (κ2) is 11.4. The molecule has 0 aliphatic heterocycles. The average Bonchev–Trinajstić information content (AvgIpc) is 2.75. The number of allylic oxidation sites excluding steroid dienone is 1. The zero-order valence-electron chi connectivity index (χ0n) is 19.7. The van der Waals surface area contributed by atoms with E-state index in [1.54, 1.807) is 13.0 Å². The molecule has 0 aliphatic carbocycles. The summed E-state index contributed by atoms with van der Waals surface area (Å²) in [7, 11) is -3.50. The largest absolute Gasteiger partial charge is 0.454 e. The van der Waals surface area contributed by atoms with Crippen LogP contribution in [0.5, 0.6) is 11.5 Å². The van der Waals surface area contributed by atoms with Crippen molar-refractivity contribution in [1.82, 2.24) is 0 Å². The predicted molar refractivity (Wildman–Crippen MR) is 132 cm³/mol. The maximum atomic E-state index is 13.1. The fourth-order valence-electron chi connectivity index (χ4n) is 3.33. The summed E-state index contributed by atoms with van der Waals surface area (Å²) >= 11 is 0. The van der Waals surface area contributed by atoms with Crippen molar-refractivity contribution in [3.05, 3.63) is 54.1 Å². The van der Waals surface area contributed by atoms with Gasteiger partial charge in [0.1, 0.15) is 10.6 Å². The summed E-state index contributed by atoms with van der Waals surface area (Å²) in [5, 5.41) is 0. The van der Waals surface area contributed by atoms with Crippen LogP contribution < -0.4 is 9.64 Å². The lowest BCUT2D eigenvalue weighted by Gasteiger charge is -2.29. The van der Waals surface area contributed by atoms with Crippen molar-refractivity contribution < 1.29 is 13.2 Å². The molecule has 2 aromatic carbocycles. The molecule has 4 nitrogen and oxygen atoms in total. The van der Waals surface area contributed by atoms with Crippen LogP contribution in [0.25, 0.3) is 5.57 Å². The highest BCUT2D eigenvalue weighted by atomic mass is 32.2. The molecule has 0 heterocycles. The van der Waals surface area contributed by atoms with E-state index in [9.17, 15) is 8.42 Å². The van der Waals surface area contributed by atoms with E-state index in [4.69, 9.17) is 4.74 Å². The Kier molecular flexibility index (Phi) is 9.17. The van der Waals surface area contributed by atoms with E-state index in [1.165, 1.54) is 0 Å². The zero-order chi connectivity index (χ0) is 23.0. The number of rotatable bonds is 12. The monoisotopic (exact) mass is 443 g/mol. The van der Waals surface area contributed by atoms with Crippen LogP contribution in [0, 0.1) is 6.92 Å². The van der Waals surface area contributed by atoms with Crippen molar-refractivity contribution in [2.24, 2.45) is 0 Å². The average molecular weight is 444 g/mol. The van der Waals surface area contributed by atoms with Gasteiger partial charge >= 0.3 is 0 Å². The maximum absolute atomic E-state index is 13.1. The van der Waals surface area contributed by atoms with Crippen LogP contribution >= 0.6 is 0 Å². The molecule has 0 saturated carbocycles. The van der Waals surface area contributed by atoms with Gasteiger partial charge in [-0.15, -0.1) is 0 Å². The van der Waals surface area contributed by atoms with E-state index >= 15 is 0 Å². The normalized spacial score (nSPS) is 11.4. The Bertz CT molecular complexity index is 970. The van der Waals surface area contributed by atoms with Gasteiger partial charge in [-0.3, -0.25) is 0 Å². The van der Waals surface area contributed by atoms with Gasteiger partial charge < -0.3 is 9.64 Å². The Morgan fingerprint density at radius 2 is 1.58 bits per heavy atom. The minimum absolute atomic E-state index is 0.0141. The molecule has 0 amide bonds. The van der Waals surface area contributed by atoms with Gasteiger partial charge in [0.15, 0.2) is 15.6 Å². The first-order valence-corrected chi connectivity index (χ1v) is 12.9. The Balaban J connectivity index is 2.75. The van der Waals surface area contributed by atoms with Crippen molar-refractivity contribution in [3.63, 3.8) is 0 Å². The molecular weight excluding hydrogens is 406 g/mol. The molecule has 2 aromatic rings. The quantitative estimate of drug-likeness (QED) is 0.353. The third kappa shape index (κ3) is 6.60. The minimum atomic E-state index is -3.50. The number of ether oxygens (including phenoxy) is 1. The van der Waals surface area contributed by atoms with Crippen molar-refractivity contribution in [2.45, 2.75) is 65.2 Å². The van der Waals surface area contributed by atoms with Crippen LogP contribution in [0.1, 0.15) is 64.5 Å². The molecular formula is C26H37NO3S. The molecule has 170 valence electrons. The van der Waals surface area contributed by atoms with E-state index in [2.05, 4.69) is 25.3 Å². The highest BCUT2D eigenvalue weighted by molar-refractivity contribution is 7.91. The molecule has 0 fully saturated rings. The number of nitrogens with zero attached hydrogens (tertiary/aromatic N) is 1. The molecule has 0 radical (unpaired) electrons. The second-order valence-electron chi connectivity index (χ2n) is 8.12. The summed E-state index contributed by atoms with van der Waals surface area (Å²) in [6.07, 6.45) is 4.19.